The van der Waals surface area contributed by atoms with Gasteiger partial charge in [0, 0.05) is 35.8 Å². The topological polar surface area (TPSA) is 116 Å². The van der Waals surface area contributed by atoms with Gasteiger partial charge in [0.15, 0.2) is 0 Å². The van der Waals surface area contributed by atoms with Crippen molar-refractivity contribution in [1.82, 2.24) is 25.1 Å². The van der Waals surface area contributed by atoms with Crippen LogP contribution >= 0.6 is 11.3 Å². The van der Waals surface area contributed by atoms with Crippen molar-refractivity contribution >= 4 is 49.9 Å². The van der Waals surface area contributed by atoms with Crippen LogP contribution in [0.1, 0.15) is 44.6 Å². The summed E-state index contributed by atoms with van der Waals surface area (Å²) >= 11 is 1.63. The molecule has 0 radical (unpaired) electrons. The van der Waals surface area contributed by atoms with Gasteiger partial charge in [-0.2, -0.15) is 5.10 Å². The number of fused-ring (bicyclic) bond motifs is 4. The quantitative estimate of drug-likeness (QED) is 0.338. The molecule has 4 aromatic rings. The number of aromatic nitrogens is 4. The van der Waals surface area contributed by atoms with Crippen LogP contribution in [0.4, 0.5) is 11.5 Å². The fourth-order valence-corrected chi connectivity index (χ4v) is 6.20. The molecule has 0 saturated carbocycles. The number of carbonyl (C=O) groups is 1. The Hall–Kier alpha value is -3.24. The third kappa shape index (κ3) is 4.87. The van der Waals surface area contributed by atoms with Gasteiger partial charge in [0.2, 0.25) is 5.91 Å². The molecule has 1 aliphatic rings. The maximum atomic E-state index is 13.1. The molecule has 1 aliphatic carbocycles. The molecule has 1 atom stereocenters. The van der Waals surface area contributed by atoms with E-state index < -0.39 is 5.60 Å². The van der Waals surface area contributed by atoms with Gasteiger partial charge in [-0.25, -0.2) is 9.97 Å². The Bertz CT molecular complexity index is 1420. The second-order valence-corrected chi connectivity index (χ2v) is 11.5. The Labute approximate surface area is 213 Å². The predicted molar refractivity (Wildman–Crippen MR) is 142 cm³/mol. The normalized spacial score (nSPS) is 15.9. The fraction of sp³-hybridized carbons (Fsp3) is 0.462. The van der Waals surface area contributed by atoms with Crippen molar-refractivity contribution in [3.8, 4) is 5.75 Å². The van der Waals surface area contributed by atoms with Crippen LogP contribution in [-0.4, -0.2) is 61.4 Å². The van der Waals surface area contributed by atoms with Crippen LogP contribution < -0.4 is 10.1 Å². The van der Waals surface area contributed by atoms with Gasteiger partial charge >= 0.3 is 0 Å². The summed E-state index contributed by atoms with van der Waals surface area (Å²) in [6, 6.07) is 3.96. The summed E-state index contributed by atoms with van der Waals surface area (Å²) in [5, 5.41) is 22.8. The van der Waals surface area contributed by atoms with E-state index in [2.05, 4.69) is 25.5 Å². The van der Waals surface area contributed by atoms with Crippen LogP contribution in [0.15, 0.2) is 24.7 Å². The Kier molecular flexibility index (Phi) is 6.34. The molecule has 10 heteroatoms. The lowest BCUT2D eigenvalue weighted by Crippen LogP contribution is -2.43. The summed E-state index contributed by atoms with van der Waals surface area (Å²) in [6.07, 6.45) is 5.58. The lowest BCUT2D eigenvalue weighted by Gasteiger charge is -2.30. The number of rotatable bonds is 7. The maximum absolute atomic E-state index is 13.1. The molecule has 3 heterocycles. The Morgan fingerprint density at radius 2 is 2.17 bits per heavy atom. The molecule has 0 saturated heterocycles. The number of H-pyrrole nitrogens is 1. The predicted octanol–water partition coefficient (Wildman–Crippen LogP) is 4.43. The van der Waals surface area contributed by atoms with E-state index in [-0.39, 0.29) is 17.9 Å². The number of anilines is 2. The van der Waals surface area contributed by atoms with Crippen molar-refractivity contribution in [2.75, 3.05) is 18.9 Å². The average molecular weight is 509 g/mol. The minimum atomic E-state index is -0.921. The molecule has 1 unspecified atom stereocenters. The number of hydrogen-bond acceptors (Lipinski definition) is 8. The number of aryl methyl sites for hydroxylation is 1. The maximum Gasteiger partial charge on any atom is 0.225 e. The van der Waals surface area contributed by atoms with Gasteiger partial charge < -0.3 is 20.1 Å². The van der Waals surface area contributed by atoms with Crippen molar-refractivity contribution in [2.24, 2.45) is 5.92 Å². The number of ether oxygens (including phenoxy) is 1. The van der Waals surface area contributed by atoms with Gasteiger partial charge in [0.25, 0.3) is 0 Å². The molecule has 0 spiro atoms. The SMILES string of the molecule is CC(C)Oc1cc2[nH]ncc2cc1Nc1ncnc2sc3c(c12)CCC(C(=O)N(C)CC(C)(C)O)C3. The third-order valence-electron chi connectivity index (χ3n) is 6.35. The summed E-state index contributed by atoms with van der Waals surface area (Å²) in [6.45, 7) is 7.74. The van der Waals surface area contributed by atoms with Crippen LogP contribution in [0.2, 0.25) is 0 Å². The standard InChI is InChI=1S/C26H32N6O3S/c1-14(2)35-20-10-18-16(11-29-31-18)8-19(20)30-23-22-17-7-6-15(25(33)32(5)12-26(3,4)34)9-21(17)36-24(22)28-13-27-23/h8,10-11,13-15,34H,6-7,9,12H2,1-5H3,(H,29,31)(H,27,28,30). The van der Waals surface area contributed by atoms with Crippen molar-refractivity contribution in [3.05, 3.63) is 35.1 Å². The van der Waals surface area contributed by atoms with Crippen molar-refractivity contribution < 1.29 is 14.6 Å². The molecule has 1 amide bonds. The highest BCUT2D eigenvalue weighted by Gasteiger charge is 2.32. The molecular weight excluding hydrogens is 476 g/mol. The Balaban J connectivity index is 1.46. The first-order chi connectivity index (χ1) is 17.1. The summed E-state index contributed by atoms with van der Waals surface area (Å²) in [5.41, 5.74) is 2.01. The molecule has 1 aromatic carbocycles. The minimum absolute atomic E-state index is 0.00857. The molecular formula is C26H32N6O3S. The van der Waals surface area contributed by atoms with Crippen LogP contribution in [-0.2, 0) is 17.6 Å². The van der Waals surface area contributed by atoms with E-state index >= 15 is 0 Å². The fourth-order valence-electron chi connectivity index (χ4n) is 4.93. The van der Waals surface area contributed by atoms with E-state index in [0.717, 1.165) is 51.2 Å². The van der Waals surface area contributed by atoms with Crippen molar-refractivity contribution in [3.63, 3.8) is 0 Å². The monoisotopic (exact) mass is 508 g/mol. The van der Waals surface area contributed by atoms with Gasteiger partial charge in [0.1, 0.15) is 22.7 Å². The van der Waals surface area contributed by atoms with E-state index in [1.165, 1.54) is 10.4 Å². The second kappa shape index (κ2) is 9.33. The van der Waals surface area contributed by atoms with Crippen LogP contribution in [0, 0.1) is 5.92 Å². The molecule has 0 fully saturated rings. The number of amides is 1. The van der Waals surface area contributed by atoms with E-state index in [1.54, 1.807) is 49.7 Å². The van der Waals surface area contributed by atoms with Gasteiger partial charge in [-0.3, -0.25) is 9.89 Å². The minimum Gasteiger partial charge on any atom is -0.489 e. The zero-order valence-electron chi connectivity index (χ0n) is 21.3. The van der Waals surface area contributed by atoms with Gasteiger partial charge in [-0.1, -0.05) is 0 Å². The van der Waals surface area contributed by atoms with Crippen molar-refractivity contribution in [2.45, 2.75) is 58.7 Å². The molecule has 3 aromatic heterocycles. The smallest absolute Gasteiger partial charge is 0.225 e. The summed E-state index contributed by atoms with van der Waals surface area (Å²) in [5.74, 6) is 1.43. The number of nitrogens with zero attached hydrogens (tertiary/aromatic N) is 4. The second-order valence-electron chi connectivity index (χ2n) is 10.4. The number of benzene rings is 1. The van der Waals surface area contributed by atoms with Crippen LogP contribution in [0.5, 0.6) is 5.75 Å². The first kappa shape index (κ1) is 24.5. The average Bonchev–Trinajstić information content (AvgIpc) is 3.40. The molecule has 9 nitrogen and oxygen atoms in total. The first-order valence-electron chi connectivity index (χ1n) is 12.2. The molecule has 36 heavy (non-hydrogen) atoms. The largest absolute Gasteiger partial charge is 0.489 e. The lowest BCUT2D eigenvalue weighted by atomic mass is 9.86. The number of aliphatic hydroxyl groups is 1. The van der Waals surface area contributed by atoms with E-state index in [0.29, 0.717) is 13.0 Å². The van der Waals surface area contributed by atoms with Crippen LogP contribution in [0.25, 0.3) is 21.1 Å². The highest BCUT2D eigenvalue weighted by Crippen LogP contribution is 2.42. The molecule has 190 valence electrons. The Morgan fingerprint density at radius 3 is 2.92 bits per heavy atom. The number of nitrogens with one attached hydrogen (secondary N) is 2. The van der Waals surface area contributed by atoms with Crippen molar-refractivity contribution in [1.29, 1.82) is 0 Å². The van der Waals surface area contributed by atoms with Gasteiger partial charge in [0.05, 0.1) is 34.5 Å². The number of aromatic amines is 1. The molecule has 3 N–H and O–H groups in total. The summed E-state index contributed by atoms with van der Waals surface area (Å²) < 4.78 is 6.09. The summed E-state index contributed by atoms with van der Waals surface area (Å²) in [4.78, 5) is 26.0. The molecule has 0 bridgehead atoms. The third-order valence-corrected chi connectivity index (χ3v) is 7.51. The van der Waals surface area contributed by atoms with E-state index in [1.807, 2.05) is 26.0 Å². The zero-order valence-corrected chi connectivity index (χ0v) is 22.1. The zero-order chi connectivity index (χ0) is 25.6. The highest BCUT2D eigenvalue weighted by atomic mass is 32.1. The van der Waals surface area contributed by atoms with E-state index in [9.17, 15) is 9.90 Å². The Morgan fingerprint density at radius 1 is 1.36 bits per heavy atom. The molecule has 5 rings (SSSR count). The summed E-state index contributed by atoms with van der Waals surface area (Å²) in [7, 11) is 1.77. The molecule has 0 aliphatic heterocycles. The number of hydrogen-bond donors (Lipinski definition) is 3. The number of carbonyl (C=O) groups excluding carboxylic acids is 1. The van der Waals surface area contributed by atoms with E-state index in [4.69, 9.17) is 4.74 Å². The van der Waals surface area contributed by atoms with Gasteiger partial charge in [-0.15, -0.1) is 11.3 Å². The number of likely N-dealkylation sites (N-methyl/N-ethyl adjacent to an activating group) is 1. The first-order valence-corrected chi connectivity index (χ1v) is 13.0. The number of thiophene rings is 1. The highest BCUT2D eigenvalue weighted by molar-refractivity contribution is 7.19. The van der Waals surface area contributed by atoms with Gasteiger partial charge in [-0.05, 0) is 58.6 Å². The lowest BCUT2D eigenvalue weighted by molar-refractivity contribution is -0.137. The van der Waals surface area contributed by atoms with Crippen LogP contribution in [0.3, 0.4) is 0 Å².